The van der Waals surface area contributed by atoms with Gasteiger partial charge in [0, 0.05) is 17.1 Å². The molecule has 0 fully saturated rings. The van der Waals surface area contributed by atoms with Crippen LogP contribution in [-0.4, -0.2) is 11.5 Å². The number of hydrogen-bond donors (Lipinski definition) is 1. The molecule has 0 aliphatic rings. The molecule has 2 nitrogen and oxygen atoms in total. The van der Waals surface area contributed by atoms with Gasteiger partial charge in [-0.2, -0.15) is 0 Å². The minimum atomic E-state index is 0.263. The summed E-state index contributed by atoms with van der Waals surface area (Å²) < 4.78 is 0.999. The molecule has 0 bridgehead atoms. The van der Waals surface area contributed by atoms with Crippen molar-refractivity contribution in [3.63, 3.8) is 0 Å². The molecule has 0 aliphatic heterocycles. The van der Waals surface area contributed by atoms with Gasteiger partial charge in [-0.3, -0.25) is 4.98 Å². The fourth-order valence-corrected chi connectivity index (χ4v) is 1.66. The van der Waals surface area contributed by atoms with E-state index in [9.17, 15) is 0 Å². The van der Waals surface area contributed by atoms with E-state index in [-0.39, 0.29) is 6.04 Å². The SMILES string of the molecule is C#CCCC(NCC)c1ccc(Br)cn1. The maximum Gasteiger partial charge on any atom is 0.0574 e. The maximum absolute atomic E-state index is 5.27. The van der Waals surface area contributed by atoms with Gasteiger partial charge in [0.2, 0.25) is 0 Å². The summed E-state index contributed by atoms with van der Waals surface area (Å²) in [6, 6.07) is 4.29. The van der Waals surface area contributed by atoms with Crippen LogP contribution in [0.3, 0.4) is 0 Å². The van der Waals surface area contributed by atoms with Crippen molar-refractivity contribution in [1.29, 1.82) is 0 Å². The van der Waals surface area contributed by atoms with E-state index >= 15 is 0 Å². The number of hydrogen-bond acceptors (Lipinski definition) is 2. The molecule has 0 aliphatic carbocycles. The third-order valence-corrected chi connectivity index (χ3v) is 2.60. The molecule has 0 amide bonds. The summed E-state index contributed by atoms with van der Waals surface area (Å²) in [5.74, 6) is 2.66. The van der Waals surface area contributed by atoms with E-state index < -0.39 is 0 Å². The van der Waals surface area contributed by atoms with Gasteiger partial charge < -0.3 is 5.32 Å². The van der Waals surface area contributed by atoms with Gasteiger partial charge in [-0.25, -0.2) is 0 Å². The summed E-state index contributed by atoms with van der Waals surface area (Å²) in [5, 5.41) is 3.38. The highest BCUT2D eigenvalue weighted by atomic mass is 79.9. The number of terminal acetylenes is 1. The Morgan fingerprint density at radius 1 is 1.60 bits per heavy atom. The first kappa shape index (κ1) is 12.2. The number of nitrogens with zero attached hydrogens (tertiary/aromatic N) is 1. The van der Waals surface area contributed by atoms with Gasteiger partial charge >= 0.3 is 0 Å². The van der Waals surface area contributed by atoms with Gasteiger partial charge in [0.25, 0.3) is 0 Å². The topological polar surface area (TPSA) is 24.9 Å². The highest BCUT2D eigenvalue weighted by Crippen LogP contribution is 2.17. The minimum absolute atomic E-state index is 0.263. The molecule has 1 aromatic heterocycles. The van der Waals surface area contributed by atoms with Crippen LogP contribution in [0.25, 0.3) is 0 Å². The second-order valence-electron chi connectivity index (χ2n) is 3.25. The van der Waals surface area contributed by atoms with Gasteiger partial charge in [-0.05, 0) is 41.0 Å². The van der Waals surface area contributed by atoms with Crippen molar-refractivity contribution in [3.05, 3.63) is 28.5 Å². The van der Waals surface area contributed by atoms with E-state index in [4.69, 9.17) is 6.42 Å². The molecule has 80 valence electrons. The Hall–Kier alpha value is -0.850. The minimum Gasteiger partial charge on any atom is -0.309 e. The Morgan fingerprint density at radius 3 is 2.93 bits per heavy atom. The molecular weight excluding hydrogens is 252 g/mol. The molecule has 1 rings (SSSR count). The summed E-state index contributed by atoms with van der Waals surface area (Å²) in [5.41, 5.74) is 1.05. The first-order chi connectivity index (χ1) is 7.27. The van der Waals surface area contributed by atoms with Crippen LogP contribution >= 0.6 is 15.9 Å². The Kier molecular flexibility index (Phi) is 5.38. The third-order valence-electron chi connectivity index (χ3n) is 2.14. The van der Waals surface area contributed by atoms with E-state index in [2.05, 4.69) is 39.1 Å². The lowest BCUT2D eigenvalue weighted by Gasteiger charge is -2.15. The standard InChI is InChI=1S/C12H15BrN2/c1-3-5-6-11(14-4-2)12-8-7-10(13)9-15-12/h1,7-9,11,14H,4-6H2,2H3. The largest absolute Gasteiger partial charge is 0.309 e. The normalized spacial score (nSPS) is 12.1. The number of nitrogens with one attached hydrogen (secondary N) is 1. The first-order valence-electron chi connectivity index (χ1n) is 5.06. The van der Waals surface area contributed by atoms with Gasteiger partial charge in [0.05, 0.1) is 11.7 Å². The smallest absolute Gasteiger partial charge is 0.0574 e. The highest BCUT2D eigenvalue weighted by Gasteiger charge is 2.10. The van der Waals surface area contributed by atoms with E-state index in [1.54, 1.807) is 0 Å². The van der Waals surface area contributed by atoms with E-state index in [1.165, 1.54) is 0 Å². The van der Waals surface area contributed by atoms with Gasteiger partial charge in [0.1, 0.15) is 0 Å². The van der Waals surface area contributed by atoms with Crippen molar-refractivity contribution in [2.45, 2.75) is 25.8 Å². The van der Waals surface area contributed by atoms with Crippen LogP contribution in [0.5, 0.6) is 0 Å². The fourth-order valence-electron chi connectivity index (χ4n) is 1.42. The van der Waals surface area contributed by atoms with Crippen LogP contribution in [-0.2, 0) is 0 Å². The quantitative estimate of drug-likeness (QED) is 0.830. The Bertz CT molecular complexity index is 326. The molecule has 0 saturated carbocycles. The fraction of sp³-hybridized carbons (Fsp3) is 0.417. The predicted molar refractivity (Wildman–Crippen MR) is 66.4 cm³/mol. The molecule has 0 saturated heterocycles. The highest BCUT2D eigenvalue weighted by molar-refractivity contribution is 9.10. The van der Waals surface area contributed by atoms with Gasteiger partial charge in [-0.15, -0.1) is 12.3 Å². The Labute approximate surface area is 99.6 Å². The molecule has 0 aromatic carbocycles. The molecular formula is C12H15BrN2. The maximum atomic E-state index is 5.27. The molecule has 3 heteroatoms. The zero-order chi connectivity index (χ0) is 11.1. The van der Waals surface area contributed by atoms with E-state index in [0.717, 1.165) is 29.6 Å². The number of halogens is 1. The molecule has 15 heavy (non-hydrogen) atoms. The number of rotatable bonds is 5. The van der Waals surface area contributed by atoms with Crippen molar-refractivity contribution in [2.75, 3.05) is 6.54 Å². The van der Waals surface area contributed by atoms with Crippen molar-refractivity contribution in [2.24, 2.45) is 0 Å². The van der Waals surface area contributed by atoms with Gasteiger partial charge in [0.15, 0.2) is 0 Å². The Morgan fingerprint density at radius 2 is 2.40 bits per heavy atom. The van der Waals surface area contributed by atoms with Gasteiger partial charge in [-0.1, -0.05) is 6.92 Å². The molecule has 1 aromatic rings. The molecule has 1 unspecified atom stereocenters. The van der Waals surface area contributed by atoms with Crippen LogP contribution < -0.4 is 5.32 Å². The van der Waals surface area contributed by atoms with Crippen LogP contribution in [0.4, 0.5) is 0 Å². The van der Waals surface area contributed by atoms with Crippen LogP contribution in [0.2, 0.25) is 0 Å². The summed E-state index contributed by atoms with van der Waals surface area (Å²) in [6.45, 7) is 3.01. The first-order valence-corrected chi connectivity index (χ1v) is 5.85. The Balaban J connectivity index is 2.70. The molecule has 0 radical (unpaired) electrons. The van der Waals surface area contributed by atoms with Crippen molar-refractivity contribution >= 4 is 15.9 Å². The second-order valence-corrected chi connectivity index (χ2v) is 4.17. The number of pyridine rings is 1. The molecule has 1 heterocycles. The summed E-state index contributed by atoms with van der Waals surface area (Å²) in [6.07, 6.45) is 8.79. The second kappa shape index (κ2) is 6.60. The number of aromatic nitrogens is 1. The monoisotopic (exact) mass is 266 g/mol. The predicted octanol–water partition coefficient (Wildman–Crippen LogP) is 2.91. The summed E-state index contributed by atoms with van der Waals surface area (Å²) >= 11 is 3.37. The lowest BCUT2D eigenvalue weighted by Crippen LogP contribution is -2.21. The average molecular weight is 267 g/mol. The lowest BCUT2D eigenvalue weighted by molar-refractivity contribution is 0.510. The lowest BCUT2D eigenvalue weighted by atomic mass is 10.1. The molecule has 1 N–H and O–H groups in total. The van der Waals surface area contributed by atoms with Crippen molar-refractivity contribution < 1.29 is 0 Å². The zero-order valence-corrected chi connectivity index (χ0v) is 10.4. The molecule has 0 spiro atoms. The summed E-state index contributed by atoms with van der Waals surface area (Å²) in [4.78, 5) is 4.37. The average Bonchev–Trinajstić information content (AvgIpc) is 2.25. The van der Waals surface area contributed by atoms with Crippen LogP contribution in [0.15, 0.2) is 22.8 Å². The molecule has 1 atom stereocenters. The third kappa shape index (κ3) is 4.03. The van der Waals surface area contributed by atoms with Crippen LogP contribution in [0, 0.1) is 12.3 Å². The van der Waals surface area contributed by atoms with Crippen LogP contribution in [0.1, 0.15) is 31.5 Å². The van der Waals surface area contributed by atoms with Crippen molar-refractivity contribution in [3.8, 4) is 12.3 Å². The van der Waals surface area contributed by atoms with E-state index in [1.807, 2.05) is 18.3 Å². The zero-order valence-electron chi connectivity index (χ0n) is 8.83. The van der Waals surface area contributed by atoms with Crippen molar-refractivity contribution in [1.82, 2.24) is 10.3 Å². The summed E-state index contributed by atoms with van der Waals surface area (Å²) in [7, 11) is 0. The van der Waals surface area contributed by atoms with E-state index in [0.29, 0.717) is 0 Å².